The van der Waals surface area contributed by atoms with Crippen LogP contribution in [0, 0.1) is 0 Å². The summed E-state index contributed by atoms with van der Waals surface area (Å²) in [5, 5.41) is 1.76. The maximum atomic E-state index is 13.1. The highest BCUT2D eigenvalue weighted by molar-refractivity contribution is 6.34. The third-order valence-electron chi connectivity index (χ3n) is 4.15. The Kier molecular flexibility index (Phi) is 9.19. The molecule has 0 radical (unpaired) electrons. The van der Waals surface area contributed by atoms with Crippen molar-refractivity contribution >= 4 is 29.2 Å². The number of alkyl halides is 3. The quantitative estimate of drug-likeness (QED) is 0.352. The maximum absolute atomic E-state index is 13.1. The van der Waals surface area contributed by atoms with Crippen LogP contribution in [0.4, 0.5) is 18.9 Å². The van der Waals surface area contributed by atoms with Gasteiger partial charge in [0.1, 0.15) is 0 Å². The van der Waals surface area contributed by atoms with E-state index in [-0.39, 0.29) is 10.6 Å². The number of rotatable bonds is 10. The first-order valence-corrected chi connectivity index (χ1v) is 10.3. The van der Waals surface area contributed by atoms with Crippen LogP contribution in [0.5, 0.6) is 11.5 Å². The molecule has 1 amide bonds. The summed E-state index contributed by atoms with van der Waals surface area (Å²) in [6.45, 7) is 3.82. The fraction of sp³-hybridized carbons (Fsp3) is 0.364. The summed E-state index contributed by atoms with van der Waals surface area (Å²) in [7, 11) is 0. The van der Waals surface area contributed by atoms with Gasteiger partial charge in [-0.2, -0.15) is 13.2 Å². The third-order valence-corrected chi connectivity index (χ3v) is 4.47. The van der Waals surface area contributed by atoms with Gasteiger partial charge in [-0.3, -0.25) is 4.79 Å². The first-order valence-electron chi connectivity index (χ1n) is 9.89. The smallest absolute Gasteiger partial charge is 0.418 e. The van der Waals surface area contributed by atoms with E-state index in [1.807, 2.05) is 12.2 Å². The molecule has 0 unspecified atom stereocenters. The standard InChI is InChI=1S/C22H23ClF3NO5/c1-3-5-11-31-17-10-9-14(12-18(17)30-4-2)21(29)32-13-19(28)27-20-15(22(24,25)26)7-6-8-16(20)23/h6-10,12H,3-5,11,13H2,1-2H3,(H,27,28). The molecule has 0 saturated heterocycles. The highest BCUT2D eigenvalue weighted by Gasteiger charge is 2.34. The summed E-state index contributed by atoms with van der Waals surface area (Å²) in [5.74, 6) is -1.01. The SMILES string of the molecule is CCCCOc1ccc(C(=O)OCC(=O)Nc2c(Cl)cccc2C(F)(F)F)cc1OCC. The Balaban J connectivity index is 2.05. The minimum atomic E-state index is -4.72. The molecule has 2 aromatic carbocycles. The van der Waals surface area contributed by atoms with Crippen molar-refractivity contribution in [3.05, 3.63) is 52.5 Å². The van der Waals surface area contributed by atoms with Crippen LogP contribution in [-0.4, -0.2) is 31.7 Å². The van der Waals surface area contributed by atoms with Crippen LogP contribution in [-0.2, 0) is 15.7 Å². The molecule has 6 nitrogen and oxygen atoms in total. The predicted molar refractivity (Wildman–Crippen MR) is 113 cm³/mol. The van der Waals surface area contributed by atoms with E-state index in [4.69, 9.17) is 25.8 Å². The van der Waals surface area contributed by atoms with Gasteiger partial charge < -0.3 is 19.5 Å². The van der Waals surface area contributed by atoms with Gasteiger partial charge in [0.05, 0.1) is 35.1 Å². The zero-order valence-electron chi connectivity index (χ0n) is 17.6. The predicted octanol–water partition coefficient (Wildman–Crippen LogP) is 5.73. The second-order valence-electron chi connectivity index (χ2n) is 6.58. The second kappa shape index (κ2) is 11.6. The summed E-state index contributed by atoms with van der Waals surface area (Å²) in [4.78, 5) is 24.4. The zero-order chi connectivity index (χ0) is 23.7. The lowest BCUT2D eigenvalue weighted by Gasteiger charge is -2.15. The molecule has 32 heavy (non-hydrogen) atoms. The van der Waals surface area contributed by atoms with Crippen LogP contribution in [0.15, 0.2) is 36.4 Å². The number of para-hydroxylation sites is 1. The molecule has 0 aliphatic carbocycles. The van der Waals surface area contributed by atoms with Crippen molar-refractivity contribution in [3.63, 3.8) is 0 Å². The highest BCUT2D eigenvalue weighted by atomic mass is 35.5. The summed E-state index contributed by atoms with van der Waals surface area (Å²) in [6.07, 6.45) is -2.91. The van der Waals surface area contributed by atoms with E-state index < -0.39 is 35.9 Å². The fourth-order valence-electron chi connectivity index (χ4n) is 2.63. The van der Waals surface area contributed by atoms with E-state index in [9.17, 15) is 22.8 Å². The van der Waals surface area contributed by atoms with Crippen molar-refractivity contribution in [2.75, 3.05) is 25.1 Å². The van der Waals surface area contributed by atoms with Gasteiger partial charge >= 0.3 is 12.1 Å². The molecule has 0 bridgehead atoms. The van der Waals surface area contributed by atoms with E-state index in [1.54, 1.807) is 13.0 Å². The molecule has 0 saturated carbocycles. The first-order chi connectivity index (χ1) is 15.2. The number of carbonyl (C=O) groups excluding carboxylic acids is 2. The number of benzene rings is 2. The summed E-state index contributed by atoms with van der Waals surface area (Å²) >= 11 is 5.80. The van der Waals surface area contributed by atoms with Crippen molar-refractivity contribution < 1.29 is 37.0 Å². The van der Waals surface area contributed by atoms with Crippen LogP contribution in [0.1, 0.15) is 42.6 Å². The average Bonchev–Trinajstić information content (AvgIpc) is 2.74. The summed E-state index contributed by atoms with van der Waals surface area (Å²) < 4.78 is 55.4. The minimum Gasteiger partial charge on any atom is -0.490 e. The Morgan fingerprint density at radius 2 is 1.81 bits per heavy atom. The van der Waals surface area contributed by atoms with Crippen molar-refractivity contribution in [3.8, 4) is 11.5 Å². The number of esters is 1. The summed E-state index contributed by atoms with van der Waals surface area (Å²) in [6, 6.07) is 7.52. The number of amides is 1. The number of nitrogens with one attached hydrogen (secondary N) is 1. The number of hydrogen-bond acceptors (Lipinski definition) is 5. The van der Waals surface area contributed by atoms with E-state index in [0.717, 1.165) is 25.0 Å². The van der Waals surface area contributed by atoms with Gasteiger partial charge in [-0.15, -0.1) is 0 Å². The molecule has 2 rings (SSSR count). The number of ether oxygens (including phenoxy) is 3. The van der Waals surface area contributed by atoms with Crippen LogP contribution < -0.4 is 14.8 Å². The Morgan fingerprint density at radius 3 is 2.47 bits per heavy atom. The van der Waals surface area contributed by atoms with Gasteiger partial charge in [-0.1, -0.05) is 31.0 Å². The first kappa shape index (κ1) is 25.3. The number of halogens is 4. The lowest BCUT2D eigenvalue weighted by molar-refractivity contribution is -0.137. The fourth-order valence-corrected chi connectivity index (χ4v) is 2.85. The normalized spacial score (nSPS) is 11.1. The molecular weight excluding hydrogens is 451 g/mol. The zero-order valence-corrected chi connectivity index (χ0v) is 18.3. The topological polar surface area (TPSA) is 73.9 Å². The number of anilines is 1. The molecule has 1 N–H and O–H groups in total. The van der Waals surface area contributed by atoms with Crippen molar-refractivity contribution in [1.82, 2.24) is 0 Å². The van der Waals surface area contributed by atoms with Crippen molar-refractivity contribution in [2.45, 2.75) is 32.9 Å². The average molecular weight is 474 g/mol. The van der Waals surface area contributed by atoms with Gasteiger partial charge in [0.15, 0.2) is 18.1 Å². The molecule has 0 fully saturated rings. The van der Waals surface area contributed by atoms with E-state index in [0.29, 0.717) is 24.7 Å². The molecule has 0 atom stereocenters. The Morgan fingerprint density at radius 1 is 1.06 bits per heavy atom. The van der Waals surface area contributed by atoms with Crippen LogP contribution in [0.25, 0.3) is 0 Å². The van der Waals surface area contributed by atoms with E-state index in [2.05, 4.69) is 0 Å². The molecule has 2 aromatic rings. The molecule has 0 heterocycles. The van der Waals surface area contributed by atoms with Gasteiger partial charge in [0.2, 0.25) is 0 Å². The molecule has 10 heteroatoms. The van der Waals surface area contributed by atoms with Crippen LogP contribution >= 0.6 is 11.6 Å². The number of unbranched alkanes of at least 4 members (excludes halogenated alkanes) is 1. The lowest BCUT2D eigenvalue weighted by Crippen LogP contribution is -2.23. The van der Waals surface area contributed by atoms with Crippen molar-refractivity contribution in [1.29, 1.82) is 0 Å². The minimum absolute atomic E-state index is 0.0952. The molecule has 174 valence electrons. The van der Waals surface area contributed by atoms with E-state index >= 15 is 0 Å². The summed E-state index contributed by atoms with van der Waals surface area (Å²) in [5.41, 5.74) is -1.61. The maximum Gasteiger partial charge on any atom is 0.418 e. The Labute approximate surface area is 188 Å². The molecule has 0 aromatic heterocycles. The largest absolute Gasteiger partial charge is 0.490 e. The molecular formula is C22H23ClF3NO5. The lowest BCUT2D eigenvalue weighted by atomic mass is 10.1. The molecule has 0 spiro atoms. The second-order valence-corrected chi connectivity index (χ2v) is 6.99. The number of hydrogen-bond donors (Lipinski definition) is 1. The van der Waals surface area contributed by atoms with Gasteiger partial charge in [-0.25, -0.2) is 4.79 Å². The highest BCUT2D eigenvalue weighted by Crippen LogP contribution is 2.38. The Hall–Kier alpha value is -2.94. The van der Waals surface area contributed by atoms with Gasteiger partial charge in [-0.05, 0) is 43.7 Å². The molecule has 0 aliphatic rings. The van der Waals surface area contributed by atoms with E-state index in [1.165, 1.54) is 18.2 Å². The van der Waals surface area contributed by atoms with Crippen LogP contribution in [0.2, 0.25) is 5.02 Å². The Bertz CT molecular complexity index is 950. The number of carbonyl (C=O) groups is 2. The van der Waals surface area contributed by atoms with Gasteiger partial charge in [0, 0.05) is 0 Å². The third kappa shape index (κ3) is 7.05. The van der Waals surface area contributed by atoms with Gasteiger partial charge in [0.25, 0.3) is 5.91 Å². The molecule has 0 aliphatic heterocycles. The van der Waals surface area contributed by atoms with Crippen LogP contribution in [0.3, 0.4) is 0 Å². The monoisotopic (exact) mass is 473 g/mol. The van der Waals surface area contributed by atoms with Crippen molar-refractivity contribution in [2.24, 2.45) is 0 Å².